The van der Waals surface area contributed by atoms with Crippen LogP contribution >= 0.6 is 31.9 Å². The molecule has 2 N–H and O–H groups in total. The Labute approximate surface area is 94.7 Å². The van der Waals surface area contributed by atoms with Crippen molar-refractivity contribution >= 4 is 31.9 Å². The quantitative estimate of drug-likeness (QED) is 0.932. The highest BCUT2D eigenvalue weighted by Crippen LogP contribution is 2.25. The van der Waals surface area contributed by atoms with E-state index in [4.69, 9.17) is 10.5 Å². The molecule has 1 rings (SSSR count). The maximum Gasteiger partial charge on any atom is 0.0655 e. The van der Waals surface area contributed by atoms with Crippen molar-refractivity contribution in [3.8, 4) is 0 Å². The third kappa shape index (κ3) is 3.06. The van der Waals surface area contributed by atoms with Gasteiger partial charge in [-0.15, -0.1) is 0 Å². The lowest BCUT2D eigenvalue weighted by atomic mass is 10.1. The van der Waals surface area contributed by atoms with Crippen molar-refractivity contribution in [3.63, 3.8) is 0 Å². The number of benzene rings is 1. The van der Waals surface area contributed by atoms with Crippen molar-refractivity contribution in [1.29, 1.82) is 0 Å². The first kappa shape index (κ1) is 11.2. The summed E-state index contributed by atoms with van der Waals surface area (Å²) < 4.78 is 7.03. The largest absolute Gasteiger partial charge is 0.383 e. The molecule has 1 aromatic rings. The predicted molar refractivity (Wildman–Crippen MR) is 60.6 cm³/mol. The summed E-state index contributed by atoms with van der Waals surface area (Å²) >= 11 is 6.83. The molecule has 0 aliphatic carbocycles. The Kier molecular flexibility index (Phi) is 4.38. The maximum atomic E-state index is 5.89. The molecule has 0 bridgehead atoms. The molecule has 0 fully saturated rings. The summed E-state index contributed by atoms with van der Waals surface area (Å²) in [4.78, 5) is 0. The fraction of sp³-hybridized carbons (Fsp3) is 0.333. The van der Waals surface area contributed by atoms with Crippen LogP contribution in [-0.4, -0.2) is 13.7 Å². The Morgan fingerprint density at radius 2 is 2.15 bits per heavy atom. The minimum absolute atomic E-state index is 0.0764. The van der Waals surface area contributed by atoms with E-state index in [2.05, 4.69) is 31.9 Å². The van der Waals surface area contributed by atoms with Crippen LogP contribution in [-0.2, 0) is 4.74 Å². The van der Waals surface area contributed by atoms with E-state index in [-0.39, 0.29) is 6.04 Å². The zero-order chi connectivity index (χ0) is 9.84. The van der Waals surface area contributed by atoms with Gasteiger partial charge in [0.1, 0.15) is 0 Å². The Balaban J connectivity index is 2.88. The SMILES string of the molecule is COC[C@H](N)c1ccc(Br)cc1Br. The number of ether oxygens (including phenoxy) is 1. The van der Waals surface area contributed by atoms with E-state index >= 15 is 0 Å². The number of methoxy groups -OCH3 is 1. The first-order valence-corrected chi connectivity index (χ1v) is 5.43. The van der Waals surface area contributed by atoms with E-state index in [0.717, 1.165) is 14.5 Å². The molecule has 0 aromatic heterocycles. The van der Waals surface area contributed by atoms with Crippen LogP contribution in [0.2, 0.25) is 0 Å². The second kappa shape index (κ2) is 5.10. The Morgan fingerprint density at radius 1 is 1.46 bits per heavy atom. The Bertz CT molecular complexity index is 291. The number of hydrogen-bond donors (Lipinski definition) is 1. The molecule has 0 aliphatic heterocycles. The van der Waals surface area contributed by atoms with Gasteiger partial charge in [-0.25, -0.2) is 0 Å². The molecule has 4 heteroatoms. The number of rotatable bonds is 3. The van der Waals surface area contributed by atoms with Gasteiger partial charge in [-0.1, -0.05) is 37.9 Å². The molecule has 0 heterocycles. The molecule has 0 radical (unpaired) electrons. The molecule has 0 aliphatic rings. The molecular formula is C9H11Br2NO. The van der Waals surface area contributed by atoms with E-state index in [1.807, 2.05) is 18.2 Å². The van der Waals surface area contributed by atoms with Crippen LogP contribution < -0.4 is 5.73 Å². The fourth-order valence-corrected chi connectivity index (χ4v) is 2.41. The smallest absolute Gasteiger partial charge is 0.0655 e. The highest BCUT2D eigenvalue weighted by Gasteiger charge is 2.09. The van der Waals surface area contributed by atoms with Gasteiger partial charge in [0.2, 0.25) is 0 Å². The van der Waals surface area contributed by atoms with Gasteiger partial charge in [0.05, 0.1) is 12.6 Å². The number of hydrogen-bond acceptors (Lipinski definition) is 2. The normalized spacial score (nSPS) is 12.9. The van der Waals surface area contributed by atoms with Gasteiger partial charge in [-0.2, -0.15) is 0 Å². The van der Waals surface area contributed by atoms with Crippen molar-refractivity contribution in [2.45, 2.75) is 6.04 Å². The van der Waals surface area contributed by atoms with Gasteiger partial charge in [0, 0.05) is 16.1 Å². The standard InChI is InChI=1S/C9H11Br2NO/c1-13-5-9(12)7-3-2-6(10)4-8(7)11/h2-4,9H,5,12H2,1H3/t9-/m0/s1. The summed E-state index contributed by atoms with van der Waals surface area (Å²) in [5.41, 5.74) is 6.95. The van der Waals surface area contributed by atoms with Crippen LogP contribution in [0, 0.1) is 0 Å². The Morgan fingerprint density at radius 3 is 2.69 bits per heavy atom. The molecule has 0 spiro atoms. The van der Waals surface area contributed by atoms with Crippen molar-refractivity contribution in [3.05, 3.63) is 32.7 Å². The highest BCUT2D eigenvalue weighted by molar-refractivity contribution is 9.11. The average Bonchev–Trinajstić information content (AvgIpc) is 2.04. The molecule has 13 heavy (non-hydrogen) atoms. The van der Waals surface area contributed by atoms with Gasteiger partial charge >= 0.3 is 0 Å². The maximum absolute atomic E-state index is 5.89. The summed E-state index contributed by atoms with van der Waals surface area (Å²) in [6.45, 7) is 0.528. The third-order valence-corrected chi connectivity index (χ3v) is 2.89. The van der Waals surface area contributed by atoms with Gasteiger partial charge in [0.25, 0.3) is 0 Å². The molecule has 0 saturated heterocycles. The van der Waals surface area contributed by atoms with Crippen molar-refractivity contribution in [2.75, 3.05) is 13.7 Å². The summed E-state index contributed by atoms with van der Waals surface area (Å²) in [7, 11) is 1.65. The zero-order valence-electron chi connectivity index (χ0n) is 7.26. The molecule has 72 valence electrons. The van der Waals surface area contributed by atoms with Gasteiger partial charge in [0.15, 0.2) is 0 Å². The number of nitrogens with two attached hydrogens (primary N) is 1. The van der Waals surface area contributed by atoms with Crippen LogP contribution in [0.4, 0.5) is 0 Å². The zero-order valence-corrected chi connectivity index (χ0v) is 10.4. The minimum Gasteiger partial charge on any atom is -0.383 e. The molecular weight excluding hydrogens is 298 g/mol. The summed E-state index contributed by atoms with van der Waals surface area (Å²) in [5, 5.41) is 0. The molecule has 2 nitrogen and oxygen atoms in total. The van der Waals surface area contributed by atoms with Crippen LogP contribution in [0.5, 0.6) is 0 Å². The summed E-state index contributed by atoms with van der Waals surface area (Å²) in [5.74, 6) is 0. The van der Waals surface area contributed by atoms with E-state index in [1.165, 1.54) is 0 Å². The van der Waals surface area contributed by atoms with Gasteiger partial charge in [-0.05, 0) is 17.7 Å². The average molecular weight is 309 g/mol. The van der Waals surface area contributed by atoms with E-state index in [0.29, 0.717) is 6.61 Å². The molecule has 0 saturated carbocycles. The van der Waals surface area contributed by atoms with Crippen molar-refractivity contribution in [2.24, 2.45) is 5.73 Å². The molecule has 1 aromatic carbocycles. The van der Waals surface area contributed by atoms with Crippen LogP contribution in [0.1, 0.15) is 11.6 Å². The second-order valence-corrected chi connectivity index (χ2v) is 4.50. The lowest BCUT2D eigenvalue weighted by Crippen LogP contribution is -2.16. The van der Waals surface area contributed by atoms with E-state index in [1.54, 1.807) is 7.11 Å². The lowest BCUT2D eigenvalue weighted by Gasteiger charge is -2.12. The fourth-order valence-electron chi connectivity index (χ4n) is 1.07. The lowest BCUT2D eigenvalue weighted by molar-refractivity contribution is 0.180. The van der Waals surface area contributed by atoms with Crippen molar-refractivity contribution in [1.82, 2.24) is 0 Å². The van der Waals surface area contributed by atoms with Gasteiger partial charge in [-0.3, -0.25) is 0 Å². The van der Waals surface area contributed by atoms with E-state index < -0.39 is 0 Å². The Hall–Kier alpha value is 0.1000. The first-order chi connectivity index (χ1) is 6.15. The third-order valence-electron chi connectivity index (χ3n) is 1.71. The predicted octanol–water partition coefficient (Wildman–Crippen LogP) is 2.86. The molecule has 0 amide bonds. The van der Waals surface area contributed by atoms with Crippen LogP contribution in [0.25, 0.3) is 0 Å². The highest BCUT2D eigenvalue weighted by atomic mass is 79.9. The topological polar surface area (TPSA) is 35.2 Å². The molecule has 0 unspecified atom stereocenters. The summed E-state index contributed by atoms with van der Waals surface area (Å²) in [6, 6.07) is 5.85. The minimum atomic E-state index is -0.0764. The second-order valence-electron chi connectivity index (χ2n) is 2.73. The van der Waals surface area contributed by atoms with Crippen LogP contribution in [0.15, 0.2) is 27.1 Å². The van der Waals surface area contributed by atoms with E-state index in [9.17, 15) is 0 Å². The summed E-state index contributed by atoms with van der Waals surface area (Å²) in [6.07, 6.45) is 0. The first-order valence-electron chi connectivity index (χ1n) is 3.84. The molecule has 1 atom stereocenters. The van der Waals surface area contributed by atoms with Crippen LogP contribution in [0.3, 0.4) is 0 Å². The van der Waals surface area contributed by atoms with Gasteiger partial charge < -0.3 is 10.5 Å². The number of halogens is 2. The monoisotopic (exact) mass is 307 g/mol. The van der Waals surface area contributed by atoms with Crippen molar-refractivity contribution < 1.29 is 4.74 Å².